The van der Waals surface area contributed by atoms with Crippen molar-refractivity contribution in [3.8, 4) is 11.8 Å². The Balaban J connectivity index is 1.88. The van der Waals surface area contributed by atoms with E-state index in [9.17, 15) is 4.79 Å². The molecule has 0 aliphatic rings. The topological polar surface area (TPSA) is 62.7 Å². The number of carbonyl (C=O) groups excluding carboxylic acids is 1. The Labute approximate surface area is 129 Å². The van der Waals surface area contributed by atoms with E-state index in [1.54, 1.807) is 0 Å². The van der Waals surface area contributed by atoms with Gasteiger partial charge >= 0.3 is 11.7 Å². The molecule has 0 N–H and O–H groups in total. The molecule has 0 aliphatic carbocycles. The summed E-state index contributed by atoms with van der Waals surface area (Å²) in [4.78, 5) is 14.8. The molecule has 4 heteroatoms. The molecule has 0 saturated heterocycles. The zero-order valence-electron chi connectivity index (χ0n) is 11.9. The molecule has 108 valence electrons. The Morgan fingerprint density at radius 2 is 1.68 bits per heavy atom. The third-order valence-electron chi connectivity index (χ3n) is 2.85. The Bertz CT molecular complexity index is 737. The number of benzene rings is 2. The van der Waals surface area contributed by atoms with Gasteiger partial charge in [0.1, 0.15) is 0 Å². The summed E-state index contributed by atoms with van der Waals surface area (Å²) in [5, 5.41) is 0. The van der Waals surface area contributed by atoms with Gasteiger partial charge in [0.15, 0.2) is 6.61 Å². The predicted molar refractivity (Wildman–Crippen MR) is 83.1 cm³/mol. The van der Waals surface area contributed by atoms with E-state index in [0.717, 1.165) is 11.1 Å². The van der Waals surface area contributed by atoms with Gasteiger partial charge in [0.25, 0.3) is 0 Å². The molecule has 0 atom stereocenters. The monoisotopic (exact) mass is 290 g/mol. The second-order valence-corrected chi connectivity index (χ2v) is 4.45. The molecule has 0 amide bonds. The maximum atomic E-state index is 11.8. The van der Waals surface area contributed by atoms with Crippen LogP contribution in [-0.2, 0) is 16.0 Å². The third-order valence-corrected chi connectivity index (χ3v) is 2.85. The molecule has 2 aromatic carbocycles. The number of hydrogen-bond donors (Lipinski definition) is 0. The molecule has 4 nitrogen and oxygen atoms in total. The van der Waals surface area contributed by atoms with Gasteiger partial charge in [-0.05, 0) is 17.7 Å². The summed E-state index contributed by atoms with van der Waals surface area (Å²) < 4.78 is 4.99. The van der Waals surface area contributed by atoms with Crippen molar-refractivity contribution < 1.29 is 14.3 Å². The lowest BCUT2D eigenvalue weighted by atomic mass is 10.1. The van der Waals surface area contributed by atoms with Crippen LogP contribution in [0.3, 0.4) is 0 Å². The summed E-state index contributed by atoms with van der Waals surface area (Å²) in [6.45, 7) is -0.0540. The van der Waals surface area contributed by atoms with Gasteiger partial charge in [-0.25, -0.2) is 4.79 Å². The van der Waals surface area contributed by atoms with E-state index in [-0.39, 0.29) is 18.7 Å². The molecule has 0 fully saturated rings. The van der Waals surface area contributed by atoms with Crippen molar-refractivity contribution in [1.82, 2.24) is 0 Å². The van der Waals surface area contributed by atoms with Gasteiger partial charge in [-0.3, -0.25) is 0 Å². The fourth-order valence-corrected chi connectivity index (χ4v) is 1.78. The average molecular weight is 290 g/mol. The van der Waals surface area contributed by atoms with E-state index in [0.29, 0.717) is 0 Å². The maximum Gasteiger partial charge on any atom is 0.418 e. The van der Waals surface area contributed by atoms with Crippen LogP contribution in [0.1, 0.15) is 11.1 Å². The predicted octanol–water partition coefficient (Wildman–Crippen LogP) is 2.49. The van der Waals surface area contributed by atoms with Gasteiger partial charge < -0.3 is 10.3 Å². The number of ether oxygens (including phenoxy) is 1. The highest BCUT2D eigenvalue weighted by Crippen LogP contribution is 2.01. The normalized spacial score (nSPS) is 9.09. The van der Waals surface area contributed by atoms with Gasteiger partial charge in [-0.2, -0.15) is 4.79 Å². The van der Waals surface area contributed by atoms with Crippen molar-refractivity contribution in [2.45, 2.75) is 6.42 Å². The van der Waals surface area contributed by atoms with Crippen LogP contribution < -0.4 is 0 Å². The summed E-state index contributed by atoms with van der Waals surface area (Å²) in [7, 11) is 0. The number of carbonyl (C=O) groups is 1. The van der Waals surface area contributed by atoms with Crippen LogP contribution >= 0.6 is 0 Å². The molecule has 0 saturated carbocycles. The highest BCUT2D eigenvalue weighted by atomic mass is 16.5. The minimum atomic E-state index is -0.672. The van der Waals surface area contributed by atoms with E-state index in [4.69, 9.17) is 10.3 Å². The SMILES string of the molecule is [N-]=[N+]=C(Cc1ccccc1)C(=O)OCC#Cc1ccccc1. The lowest BCUT2D eigenvalue weighted by molar-refractivity contribution is -0.139. The van der Waals surface area contributed by atoms with Crippen LogP contribution in [0.5, 0.6) is 0 Å². The zero-order valence-corrected chi connectivity index (χ0v) is 11.9. The molecule has 0 heterocycles. The quantitative estimate of drug-likeness (QED) is 0.285. The summed E-state index contributed by atoms with van der Waals surface area (Å²) in [5.74, 6) is 4.95. The summed E-state index contributed by atoms with van der Waals surface area (Å²) in [6, 6.07) is 18.6. The number of esters is 1. The standard InChI is InChI=1S/C18H14N2O2/c19-20-17(14-16-10-5-2-6-11-16)18(21)22-13-7-12-15-8-3-1-4-9-15/h1-6,8-11H,13-14H2. The first kappa shape index (κ1) is 15.2. The fraction of sp³-hybridized carbons (Fsp3) is 0.111. The summed E-state index contributed by atoms with van der Waals surface area (Å²) >= 11 is 0. The van der Waals surface area contributed by atoms with Gasteiger partial charge in [0.05, 0.1) is 6.42 Å². The largest absolute Gasteiger partial charge is 0.444 e. The summed E-state index contributed by atoms with van der Waals surface area (Å²) in [5.41, 5.74) is 10.6. The first-order valence-corrected chi connectivity index (χ1v) is 6.75. The Morgan fingerprint density at radius 1 is 1.05 bits per heavy atom. The van der Waals surface area contributed by atoms with Crippen molar-refractivity contribution in [1.29, 1.82) is 0 Å². The molecule has 0 bridgehead atoms. The van der Waals surface area contributed by atoms with E-state index < -0.39 is 5.97 Å². The average Bonchev–Trinajstić information content (AvgIpc) is 2.58. The first-order chi connectivity index (χ1) is 10.8. The van der Waals surface area contributed by atoms with E-state index in [1.165, 1.54) is 0 Å². The van der Waals surface area contributed by atoms with Crippen LogP contribution in [-0.4, -0.2) is 23.1 Å². The van der Waals surface area contributed by atoms with Crippen LogP contribution in [0.2, 0.25) is 0 Å². The van der Waals surface area contributed by atoms with Crippen molar-refractivity contribution in [2.75, 3.05) is 6.61 Å². The smallest absolute Gasteiger partial charge is 0.418 e. The van der Waals surface area contributed by atoms with E-state index in [2.05, 4.69) is 16.6 Å². The Kier molecular flexibility index (Phi) is 5.69. The van der Waals surface area contributed by atoms with Gasteiger partial charge in [0.2, 0.25) is 0 Å². The fourth-order valence-electron chi connectivity index (χ4n) is 1.78. The second-order valence-electron chi connectivity index (χ2n) is 4.45. The van der Waals surface area contributed by atoms with Crippen molar-refractivity contribution >= 4 is 11.7 Å². The molecule has 0 aromatic heterocycles. The first-order valence-electron chi connectivity index (χ1n) is 6.75. The number of nitrogens with zero attached hydrogens (tertiary/aromatic N) is 2. The number of hydrogen-bond acceptors (Lipinski definition) is 2. The Hall–Kier alpha value is -3.15. The van der Waals surface area contributed by atoms with Crippen LogP contribution in [0.4, 0.5) is 0 Å². The highest BCUT2D eigenvalue weighted by molar-refractivity contribution is 6.34. The summed E-state index contributed by atoms with van der Waals surface area (Å²) in [6.07, 6.45) is 0.211. The van der Waals surface area contributed by atoms with E-state index in [1.807, 2.05) is 60.7 Å². The van der Waals surface area contributed by atoms with Gasteiger partial charge in [0, 0.05) is 5.56 Å². The lowest BCUT2D eigenvalue weighted by Crippen LogP contribution is -2.21. The van der Waals surface area contributed by atoms with Gasteiger partial charge in [-0.15, -0.1) is 0 Å². The third kappa shape index (κ3) is 4.75. The minimum Gasteiger partial charge on any atom is -0.444 e. The molecule has 2 aromatic rings. The van der Waals surface area contributed by atoms with Crippen LogP contribution in [0.25, 0.3) is 5.53 Å². The molecule has 0 radical (unpaired) electrons. The number of rotatable bonds is 4. The molecule has 2 rings (SSSR count). The molecular weight excluding hydrogens is 276 g/mol. The van der Waals surface area contributed by atoms with Crippen LogP contribution in [0, 0.1) is 11.8 Å². The van der Waals surface area contributed by atoms with E-state index >= 15 is 0 Å². The Morgan fingerprint density at radius 3 is 2.32 bits per heavy atom. The lowest BCUT2D eigenvalue weighted by Gasteiger charge is -1.98. The van der Waals surface area contributed by atoms with Crippen molar-refractivity contribution in [2.24, 2.45) is 0 Å². The molecular formula is C18H14N2O2. The van der Waals surface area contributed by atoms with Gasteiger partial charge in [-0.1, -0.05) is 60.4 Å². The maximum absolute atomic E-state index is 11.8. The second kappa shape index (κ2) is 8.21. The minimum absolute atomic E-state index is 0.0484. The van der Waals surface area contributed by atoms with Crippen molar-refractivity contribution in [3.63, 3.8) is 0 Å². The molecule has 0 aliphatic heterocycles. The van der Waals surface area contributed by atoms with Crippen molar-refractivity contribution in [3.05, 3.63) is 77.3 Å². The molecule has 0 unspecified atom stereocenters. The molecule has 0 spiro atoms. The highest BCUT2D eigenvalue weighted by Gasteiger charge is 2.21. The van der Waals surface area contributed by atoms with Crippen LogP contribution in [0.15, 0.2) is 60.7 Å². The molecule has 22 heavy (non-hydrogen) atoms. The zero-order chi connectivity index (χ0) is 15.6.